The van der Waals surface area contributed by atoms with Crippen LogP contribution in [0, 0.1) is 0 Å². The van der Waals surface area contributed by atoms with Crippen molar-refractivity contribution in [3.05, 3.63) is 65.9 Å². The van der Waals surface area contributed by atoms with Crippen molar-refractivity contribution in [2.45, 2.75) is 19.2 Å². The Morgan fingerprint density at radius 3 is 2.89 bits per heavy atom. The van der Waals surface area contributed by atoms with Crippen LogP contribution in [0.5, 0.6) is 5.75 Å². The number of para-hydroxylation sites is 1. The first-order valence-corrected chi connectivity index (χ1v) is 9.46. The van der Waals surface area contributed by atoms with Gasteiger partial charge in [0.15, 0.2) is 11.3 Å². The lowest BCUT2D eigenvalue weighted by Gasteiger charge is -2.33. The lowest BCUT2D eigenvalue weighted by molar-refractivity contribution is -0.0301. The highest BCUT2D eigenvalue weighted by molar-refractivity contribution is 5.83. The number of morpholine rings is 1. The monoisotopic (exact) mass is 366 g/mol. The van der Waals surface area contributed by atoms with Crippen molar-refractivity contribution in [3.8, 4) is 5.75 Å². The smallest absolute Gasteiger partial charge is 0.176 e. The molecule has 1 fully saturated rings. The van der Waals surface area contributed by atoms with E-state index in [0.717, 1.165) is 55.3 Å². The van der Waals surface area contributed by atoms with E-state index in [9.17, 15) is 0 Å². The number of nitrogens with zero attached hydrogens (tertiary/aromatic N) is 1. The molecule has 0 unspecified atom stereocenters. The van der Waals surface area contributed by atoms with E-state index >= 15 is 0 Å². The highest BCUT2D eigenvalue weighted by Crippen LogP contribution is 2.28. The number of methoxy groups -OCH3 is 1. The van der Waals surface area contributed by atoms with E-state index in [4.69, 9.17) is 13.9 Å². The summed E-state index contributed by atoms with van der Waals surface area (Å²) in [5.41, 5.74) is 2.15. The van der Waals surface area contributed by atoms with Crippen molar-refractivity contribution in [1.82, 2.24) is 10.2 Å². The Labute approximate surface area is 159 Å². The minimum atomic E-state index is 0.196. The zero-order valence-electron chi connectivity index (χ0n) is 15.7. The number of fused-ring (bicyclic) bond motifs is 1. The molecule has 27 heavy (non-hydrogen) atoms. The van der Waals surface area contributed by atoms with Crippen molar-refractivity contribution in [3.63, 3.8) is 0 Å². The number of ether oxygens (including phenoxy) is 2. The zero-order chi connectivity index (χ0) is 18.5. The summed E-state index contributed by atoms with van der Waals surface area (Å²) in [4.78, 5) is 2.46. The van der Waals surface area contributed by atoms with E-state index in [1.807, 2.05) is 18.2 Å². The number of nitrogens with one attached hydrogen (secondary N) is 1. The Balaban J connectivity index is 1.28. The summed E-state index contributed by atoms with van der Waals surface area (Å²) in [7, 11) is 1.66. The van der Waals surface area contributed by atoms with Crippen LogP contribution in [0.25, 0.3) is 11.0 Å². The number of hydrogen-bond donors (Lipinski definition) is 1. The molecule has 1 saturated heterocycles. The molecule has 0 bridgehead atoms. The maximum Gasteiger partial charge on any atom is 0.176 e. The van der Waals surface area contributed by atoms with Crippen LogP contribution < -0.4 is 10.1 Å². The Hall–Kier alpha value is -2.34. The van der Waals surface area contributed by atoms with Crippen molar-refractivity contribution in [1.29, 1.82) is 0 Å². The van der Waals surface area contributed by atoms with Crippen LogP contribution in [-0.4, -0.2) is 44.4 Å². The molecule has 3 aromatic rings. The minimum absolute atomic E-state index is 0.196. The maximum atomic E-state index is 5.94. The quantitative estimate of drug-likeness (QED) is 0.694. The van der Waals surface area contributed by atoms with Crippen LogP contribution in [0.15, 0.2) is 59.0 Å². The van der Waals surface area contributed by atoms with Gasteiger partial charge in [-0.25, -0.2) is 0 Å². The zero-order valence-corrected chi connectivity index (χ0v) is 15.7. The van der Waals surface area contributed by atoms with Gasteiger partial charge in [-0.1, -0.05) is 42.5 Å². The first-order valence-electron chi connectivity index (χ1n) is 9.46. The van der Waals surface area contributed by atoms with Crippen LogP contribution in [0.3, 0.4) is 0 Å². The Morgan fingerprint density at radius 2 is 2.04 bits per heavy atom. The molecule has 0 spiro atoms. The number of furan rings is 1. The molecule has 0 saturated carbocycles. The molecule has 0 amide bonds. The third-order valence-electron chi connectivity index (χ3n) is 4.92. The van der Waals surface area contributed by atoms with E-state index in [1.54, 1.807) is 7.11 Å². The van der Waals surface area contributed by atoms with E-state index in [-0.39, 0.29) is 6.10 Å². The molecule has 1 aliphatic rings. The molecular formula is C22H26N2O3. The van der Waals surface area contributed by atoms with Gasteiger partial charge < -0.3 is 19.2 Å². The van der Waals surface area contributed by atoms with Gasteiger partial charge in [0.1, 0.15) is 5.76 Å². The maximum absolute atomic E-state index is 5.94. The molecule has 2 heterocycles. The molecular weight excluding hydrogens is 340 g/mol. The predicted molar refractivity (Wildman–Crippen MR) is 106 cm³/mol. The second kappa shape index (κ2) is 8.57. The van der Waals surface area contributed by atoms with Gasteiger partial charge in [-0.05, 0) is 17.7 Å². The Bertz CT molecular complexity index is 862. The number of rotatable bonds is 7. The molecule has 1 aliphatic heterocycles. The van der Waals surface area contributed by atoms with Gasteiger partial charge in [-0.2, -0.15) is 0 Å². The van der Waals surface area contributed by atoms with Crippen molar-refractivity contribution in [2.24, 2.45) is 0 Å². The second-order valence-corrected chi connectivity index (χ2v) is 6.94. The van der Waals surface area contributed by atoms with E-state index < -0.39 is 0 Å². The Kier molecular flexibility index (Phi) is 5.72. The molecule has 1 aromatic heterocycles. The average molecular weight is 366 g/mol. The van der Waals surface area contributed by atoms with Gasteiger partial charge in [0.2, 0.25) is 0 Å². The van der Waals surface area contributed by atoms with Gasteiger partial charge in [-0.3, -0.25) is 4.90 Å². The van der Waals surface area contributed by atoms with Crippen LogP contribution in [0.2, 0.25) is 0 Å². The topological polar surface area (TPSA) is 46.9 Å². The molecule has 1 N–H and O–H groups in total. The summed E-state index contributed by atoms with van der Waals surface area (Å²) in [5, 5.41) is 4.53. The summed E-state index contributed by atoms with van der Waals surface area (Å²) >= 11 is 0. The molecule has 4 rings (SSSR count). The first-order chi connectivity index (χ1) is 13.3. The molecule has 2 aromatic carbocycles. The predicted octanol–water partition coefficient (Wildman–Crippen LogP) is 3.43. The summed E-state index contributed by atoms with van der Waals surface area (Å²) in [6.07, 6.45) is 0.196. The summed E-state index contributed by atoms with van der Waals surface area (Å²) in [6.45, 7) is 5.16. The normalized spacial score (nSPS) is 18.0. The summed E-state index contributed by atoms with van der Waals surface area (Å²) in [5.74, 6) is 1.68. The molecule has 5 heteroatoms. The molecule has 5 nitrogen and oxygen atoms in total. The molecule has 0 aliphatic carbocycles. The minimum Gasteiger partial charge on any atom is -0.493 e. The molecule has 142 valence electrons. The van der Waals surface area contributed by atoms with Crippen molar-refractivity contribution < 1.29 is 13.9 Å². The highest BCUT2D eigenvalue weighted by atomic mass is 16.5. The van der Waals surface area contributed by atoms with Crippen LogP contribution in [0.1, 0.15) is 11.3 Å². The number of hydrogen-bond acceptors (Lipinski definition) is 5. The van der Waals surface area contributed by atoms with E-state index in [2.05, 4.69) is 46.6 Å². The fourth-order valence-corrected chi connectivity index (χ4v) is 3.58. The van der Waals surface area contributed by atoms with Crippen LogP contribution >= 0.6 is 0 Å². The largest absolute Gasteiger partial charge is 0.493 e. The van der Waals surface area contributed by atoms with Crippen LogP contribution in [-0.2, 0) is 17.8 Å². The van der Waals surface area contributed by atoms with Gasteiger partial charge >= 0.3 is 0 Å². The standard InChI is InChI=1S/C22H26N2O3/c1-25-21-9-5-8-18-12-19(27-22(18)21)13-23-14-20-16-24(10-11-26-20)15-17-6-3-2-4-7-17/h2-9,12,20,23H,10-11,13-16H2,1H3/t20-/m0/s1. The van der Waals surface area contributed by atoms with Crippen molar-refractivity contribution in [2.75, 3.05) is 33.4 Å². The number of benzene rings is 2. The SMILES string of the molecule is COc1cccc2cc(CNC[C@H]3CN(Cc4ccccc4)CCO3)oc12. The molecule has 0 radical (unpaired) electrons. The van der Waals surface area contributed by atoms with Gasteiger partial charge in [-0.15, -0.1) is 0 Å². The van der Waals surface area contributed by atoms with Crippen molar-refractivity contribution >= 4 is 11.0 Å². The lowest BCUT2D eigenvalue weighted by atomic mass is 10.2. The fraction of sp³-hybridized carbons (Fsp3) is 0.364. The average Bonchev–Trinajstić information content (AvgIpc) is 3.12. The summed E-state index contributed by atoms with van der Waals surface area (Å²) in [6, 6.07) is 18.6. The van der Waals surface area contributed by atoms with Gasteiger partial charge in [0.05, 0.1) is 26.4 Å². The first kappa shape index (κ1) is 18.0. The van der Waals surface area contributed by atoms with E-state index in [1.165, 1.54) is 5.56 Å². The highest BCUT2D eigenvalue weighted by Gasteiger charge is 2.20. The Morgan fingerprint density at radius 1 is 1.15 bits per heavy atom. The van der Waals surface area contributed by atoms with Gasteiger partial charge in [0, 0.05) is 31.6 Å². The molecule has 1 atom stereocenters. The van der Waals surface area contributed by atoms with Crippen LogP contribution in [0.4, 0.5) is 0 Å². The third kappa shape index (κ3) is 4.50. The fourth-order valence-electron chi connectivity index (χ4n) is 3.58. The van der Waals surface area contributed by atoms with Gasteiger partial charge in [0.25, 0.3) is 0 Å². The van der Waals surface area contributed by atoms with E-state index in [0.29, 0.717) is 6.54 Å². The third-order valence-corrected chi connectivity index (χ3v) is 4.92. The second-order valence-electron chi connectivity index (χ2n) is 6.94. The summed E-state index contributed by atoms with van der Waals surface area (Å²) < 4.78 is 17.2. The lowest BCUT2D eigenvalue weighted by Crippen LogP contribution is -2.46.